The van der Waals surface area contributed by atoms with E-state index in [4.69, 9.17) is 10.2 Å². The van der Waals surface area contributed by atoms with Crippen LogP contribution in [0.4, 0.5) is 0 Å². The fraction of sp³-hybridized carbons (Fsp3) is 1.00. The molecule has 78 valence electrons. The Kier molecular flexibility index (Phi) is 4.70. The molecule has 1 heterocycles. The van der Waals surface area contributed by atoms with Gasteiger partial charge in [0.05, 0.1) is 0 Å². The SMILES string of the molecule is CC(CO)CN1CCC(CCO)C1. The highest BCUT2D eigenvalue weighted by atomic mass is 16.3. The summed E-state index contributed by atoms with van der Waals surface area (Å²) >= 11 is 0. The molecule has 13 heavy (non-hydrogen) atoms. The maximum Gasteiger partial charge on any atom is 0.0468 e. The molecular weight excluding hydrogens is 166 g/mol. The number of hydrogen-bond acceptors (Lipinski definition) is 3. The Morgan fingerprint density at radius 1 is 1.46 bits per heavy atom. The summed E-state index contributed by atoms with van der Waals surface area (Å²) in [5.74, 6) is 1.06. The largest absolute Gasteiger partial charge is 0.396 e. The van der Waals surface area contributed by atoms with E-state index >= 15 is 0 Å². The summed E-state index contributed by atoms with van der Waals surface area (Å²) in [6.07, 6.45) is 2.14. The van der Waals surface area contributed by atoms with Crippen LogP contribution in [0.3, 0.4) is 0 Å². The van der Waals surface area contributed by atoms with Crippen molar-refractivity contribution in [3.05, 3.63) is 0 Å². The molecule has 0 aromatic heterocycles. The second kappa shape index (κ2) is 5.58. The van der Waals surface area contributed by atoms with E-state index in [1.165, 1.54) is 6.42 Å². The summed E-state index contributed by atoms with van der Waals surface area (Å²) in [7, 11) is 0. The predicted molar refractivity (Wildman–Crippen MR) is 52.5 cm³/mol. The average molecular weight is 187 g/mol. The molecule has 0 aromatic rings. The predicted octanol–water partition coefficient (Wildman–Crippen LogP) is 0.319. The molecule has 0 bridgehead atoms. The Morgan fingerprint density at radius 2 is 2.23 bits per heavy atom. The van der Waals surface area contributed by atoms with Crippen LogP contribution in [-0.4, -0.2) is 48.0 Å². The summed E-state index contributed by atoms with van der Waals surface area (Å²) in [4.78, 5) is 2.39. The molecule has 1 saturated heterocycles. The van der Waals surface area contributed by atoms with E-state index in [2.05, 4.69) is 11.8 Å². The van der Waals surface area contributed by atoms with Crippen LogP contribution < -0.4 is 0 Å². The summed E-state index contributed by atoms with van der Waals surface area (Å²) < 4.78 is 0. The molecule has 2 N–H and O–H groups in total. The van der Waals surface area contributed by atoms with Gasteiger partial charge < -0.3 is 15.1 Å². The normalized spacial score (nSPS) is 26.5. The van der Waals surface area contributed by atoms with Crippen molar-refractivity contribution in [1.82, 2.24) is 4.90 Å². The van der Waals surface area contributed by atoms with Crippen molar-refractivity contribution in [2.45, 2.75) is 19.8 Å². The Balaban J connectivity index is 2.17. The third kappa shape index (κ3) is 3.63. The summed E-state index contributed by atoms with van der Waals surface area (Å²) in [5.41, 5.74) is 0. The Morgan fingerprint density at radius 3 is 2.85 bits per heavy atom. The first-order valence-corrected chi connectivity index (χ1v) is 5.20. The van der Waals surface area contributed by atoms with E-state index < -0.39 is 0 Å². The van der Waals surface area contributed by atoms with Crippen molar-refractivity contribution in [3.63, 3.8) is 0 Å². The van der Waals surface area contributed by atoms with Crippen LogP contribution in [-0.2, 0) is 0 Å². The van der Waals surface area contributed by atoms with Gasteiger partial charge in [0.15, 0.2) is 0 Å². The lowest BCUT2D eigenvalue weighted by Crippen LogP contribution is -2.27. The van der Waals surface area contributed by atoms with E-state index in [1.807, 2.05) is 0 Å². The number of rotatable bonds is 5. The van der Waals surface area contributed by atoms with Crippen molar-refractivity contribution in [2.75, 3.05) is 32.8 Å². The molecule has 1 aliphatic rings. The van der Waals surface area contributed by atoms with Crippen molar-refractivity contribution in [2.24, 2.45) is 11.8 Å². The number of nitrogens with zero attached hydrogens (tertiary/aromatic N) is 1. The number of aliphatic hydroxyl groups excluding tert-OH is 2. The molecular formula is C10H21NO2. The maximum absolute atomic E-state index is 8.90. The molecule has 2 atom stereocenters. The molecule has 3 heteroatoms. The minimum atomic E-state index is 0.279. The molecule has 0 amide bonds. The third-order valence-electron chi connectivity index (χ3n) is 2.79. The van der Waals surface area contributed by atoms with E-state index in [9.17, 15) is 0 Å². The van der Waals surface area contributed by atoms with Crippen LogP contribution in [0.15, 0.2) is 0 Å². The second-order valence-corrected chi connectivity index (χ2v) is 4.21. The molecule has 3 nitrogen and oxygen atoms in total. The van der Waals surface area contributed by atoms with E-state index in [0.29, 0.717) is 18.4 Å². The zero-order valence-corrected chi connectivity index (χ0v) is 8.45. The molecule has 0 aromatic carbocycles. The standard InChI is InChI=1S/C10H21NO2/c1-9(8-13)6-11-4-2-10(7-11)3-5-12/h9-10,12-13H,2-8H2,1H3. The zero-order chi connectivity index (χ0) is 9.68. The van der Waals surface area contributed by atoms with Gasteiger partial charge in [0, 0.05) is 26.3 Å². The highest BCUT2D eigenvalue weighted by Gasteiger charge is 2.22. The zero-order valence-electron chi connectivity index (χ0n) is 8.45. The van der Waals surface area contributed by atoms with Gasteiger partial charge in [-0.1, -0.05) is 6.92 Å². The minimum Gasteiger partial charge on any atom is -0.396 e. The van der Waals surface area contributed by atoms with E-state index in [-0.39, 0.29) is 6.61 Å². The van der Waals surface area contributed by atoms with Crippen molar-refractivity contribution in [1.29, 1.82) is 0 Å². The van der Waals surface area contributed by atoms with Gasteiger partial charge >= 0.3 is 0 Å². The first-order chi connectivity index (χ1) is 6.26. The van der Waals surface area contributed by atoms with Crippen LogP contribution in [0.5, 0.6) is 0 Å². The lowest BCUT2D eigenvalue weighted by molar-refractivity contribution is 0.185. The topological polar surface area (TPSA) is 43.7 Å². The van der Waals surface area contributed by atoms with Gasteiger partial charge in [-0.2, -0.15) is 0 Å². The van der Waals surface area contributed by atoms with Crippen LogP contribution in [0.1, 0.15) is 19.8 Å². The lowest BCUT2D eigenvalue weighted by Gasteiger charge is -2.19. The summed E-state index contributed by atoms with van der Waals surface area (Å²) in [6, 6.07) is 0. The van der Waals surface area contributed by atoms with Crippen LogP contribution >= 0.6 is 0 Å². The summed E-state index contributed by atoms with van der Waals surface area (Å²) in [5, 5.41) is 17.7. The van der Waals surface area contributed by atoms with Crippen molar-refractivity contribution in [3.8, 4) is 0 Å². The lowest BCUT2D eigenvalue weighted by atomic mass is 10.1. The number of likely N-dealkylation sites (tertiary alicyclic amines) is 1. The molecule has 1 fully saturated rings. The van der Waals surface area contributed by atoms with Gasteiger partial charge in [0.25, 0.3) is 0 Å². The van der Waals surface area contributed by atoms with Crippen molar-refractivity contribution < 1.29 is 10.2 Å². The fourth-order valence-corrected chi connectivity index (χ4v) is 2.00. The average Bonchev–Trinajstić information content (AvgIpc) is 2.53. The van der Waals surface area contributed by atoms with Crippen LogP contribution in [0.25, 0.3) is 0 Å². The quantitative estimate of drug-likeness (QED) is 0.651. The number of hydrogen-bond donors (Lipinski definition) is 2. The van der Waals surface area contributed by atoms with Crippen molar-refractivity contribution >= 4 is 0 Å². The highest BCUT2D eigenvalue weighted by molar-refractivity contribution is 4.76. The first kappa shape index (κ1) is 11.0. The molecule has 0 radical (unpaired) electrons. The Hall–Kier alpha value is -0.120. The third-order valence-corrected chi connectivity index (χ3v) is 2.79. The highest BCUT2D eigenvalue weighted by Crippen LogP contribution is 2.19. The molecule has 0 spiro atoms. The smallest absolute Gasteiger partial charge is 0.0468 e. The maximum atomic E-state index is 8.90. The Labute approximate surface area is 80.4 Å². The van der Waals surface area contributed by atoms with Gasteiger partial charge in [0.1, 0.15) is 0 Å². The van der Waals surface area contributed by atoms with E-state index in [0.717, 1.165) is 26.1 Å². The Bertz CT molecular complexity index is 141. The van der Waals surface area contributed by atoms with Crippen LogP contribution in [0.2, 0.25) is 0 Å². The van der Waals surface area contributed by atoms with Gasteiger partial charge in [-0.05, 0) is 31.2 Å². The first-order valence-electron chi connectivity index (χ1n) is 5.20. The molecule has 0 aliphatic carbocycles. The molecule has 0 saturated carbocycles. The molecule has 1 rings (SSSR count). The van der Waals surface area contributed by atoms with Gasteiger partial charge in [-0.3, -0.25) is 0 Å². The molecule has 2 unspecified atom stereocenters. The van der Waals surface area contributed by atoms with Crippen LogP contribution in [0, 0.1) is 11.8 Å². The second-order valence-electron chi connectivity index (χ2n) is 4.21. The minimum absolute atomic E-state index is 0.279. The van der Waals surface area contributed by atoms with Gasteiger partial charge in [-0.15, -0.1) is 0 Å². The fourth-order valence-electron chi connectivity index (χ4n) is 2.00. The number of aliphatic hydroxyl groups is 2. The van der Waals surface area contributed by atoms with Gasteiger partial charge in [-0.25, -0.2) is 0 Å². The summed E-state index contributed by atoms with van der Waals surface area (Å²) in [6.45, 7) is 5.90. The molecule has 1 aliphatic heterocycles. The van der Waals surface area contributed by atoms with E-state index in [1.54, 1.807) is 0 Å². The monoisotopic (exact) mass is 187 g/mol. The van der Waals surface area contributed by atoms with Gasteiger partial charge in [0.2, 0.25) is 0 Å².